The van der Waals surface area contributed by atoms with Crippen molar-refractivity contribution in [1.29, 1.82) is 0 Å². The molecule has 0 saturated heterocycles. The van der Waals surface area contributed by atoms with E-state index >= 15 is 0 Å². The molecule has 0 unspecified atom stereocenters. The minimum atomic E-state index is -0.257. The average Bonchev–Trinajstić information content (AvgIpc) is 2.29. The first-order valence-corrected chi connectivity index (χ1v) is 5.41. The second kappa shape index (κ2) is 4.39. The van der Waals surface area contributed by atoms with Crippen molar-refractivity contribution in [3.8, 4) is 0 Å². The number of fused-ring (bicyclic) bond motifs is 1. The minimum Gasteiger partial charge on any atom is -0.462 e. The average molecular weight is 217 g/mol. The lowest BCUT2D eigenvalue weighted by Crippen LogP contribution is -2.20. The highest BCUT2D eigenvalue weighted by Gasteiger charge is 2.13. The van der Waals surface area contributed by atoms with Crippen molar-refractivity contribution in [3.05, 3.63) is 35.4 Å². The number of hydrogen-bond donors (Lipinski definition) is 0. The Morgan fingerprint density at radius 1 is 1.50 bits per heavy atom. The van der Waals surface area contributed by atoms with Crippen molar-refractivity contribution in [2.24, 2.45) is 0 Å². The fourth-order valence-corrected chi connectivity index (χ4v) is 1.81. The van der Waals surface area contributed by atoms with E-state index in [0.29, 0.717) is 12.2 Å². The van der Waals surface area contributed by atoms with Gasteiger partial charge in [-0.05, 0) is 30.7 Å². The van der Waals surface area contributed by atoms with Gasteiger partial charge in [0, 0.05) is 19.3 Å². The molecule has 84 valence electrons. The maximum absolute atomic E-state index is 11.6. The van der Waals surface area contributed by atoms with E-state index in [1.54, 1.807) is 0 Å². The number of hydrogen-bond acceptors (Lipinski definition) is 3. The Morgan fingerprint density at radius 3 is 3.06 bits per heavy atom. The zero-order chi connectivity index (χ0) is 11.5. The Morgan fingerprint density at radius 2 is 2.31 bits per heavy atom. The molecule has 16 heavy (non-hydrogen) atoms. The molecule has 1 aliphatic heterocycles. The largest absolute Gasteiger partial charge is 0.462 e. The summed E-state index contributed by atoms with van der Waals surface area (Å²) in [7, 11) is 2.03. The molecule has 1 heterocycles. The first kappa shape index (κ1) is 10.7. The number of esters is 1. The number of likely N-dealkylation sites (N-methyl/N-ethyl adjacent to an activating group) is 1. The zero-order valence-electron chi connectivity index (χ0n) is 9.56. The van der Waals surface area contributed by atoms with Crippen molar-refractivity contribution in [1.82, 2.24) is 0 Å². The van der Waals surface area contributed by atoms with Gasteiger partial charge in [-0.3, -0.25) is 0 Å². The zero-order valence-corrected chi connectivity index (χ0v) is 9.56. The first-order chi connectivity index (χ1) is 7.72. The van der Waals surface area contributed by atoms with E-state index < -0.39 is 0 Å². The molecule has 0 atom stereocenters. The summed E-state index contributed by atoms with van der Waals surface area (Å²) in [6, 6.07) is 5.65. The summed E-state index contributed by atoms with van der Waals surface area (Å²) in [5, 5.41) is 0. The number of anilines is 1. The fourth-order valence-electron chi connectivity index (χ4n) is 1.81. The summed E-state index contributed by atoms with van der Waals surface area (Å²) < 4.78 is 4.97. The second-order valence-corrected chi connectivity index (χ2v) is 3.78. The molecule has 0 fully saturated rings. The van der Waals surface area contributed by atoms with Crippen LogP contribution in [0.25, 0.3) is 6.08 Å². The van der Waals surface area contributed by atoms with Gasteiger partial charge >= 0.3 is 5.97 Å². The molecule has 0 spiro atoms. The summed E-state index contributed by atoms with van der Waals surface area (Å²) in [6.07, 6.45) is 4.12. The van der Waals surface area contributed by atoms with E-state index in [9.17, 15) is 4.79 Å². The Kier molecular flexibility index (Phi) is 2.95. The van der Waals surface area contributed by atoms with E-state index in [1.165, 1.54) is 0 Å². The highest BCUT2D eigenvalue weighted by molar-refractivity contribution is 5.91. The van der Waals surface area contributed by atoms with Crippen LogP contribution >= 0.6 is 0 Å². The molecule has 0 aliphatic carbocycles. The number of benzene rings is 1. The highest BCUT2D eigenvalue weighted by Crippen LogP contribution is 2.25. The van der Waals surface area contributed by atoms with E-state index in [4.69, 9.17) is 4.74 Å². The van der Waals surface area contributed by atoms with Crippen molar-refractivity contribution in [2.45, 2.75) is 6.92 Å². The van der Waals surface area contributed by atoms with Crippen molar-refractivity contribution < 1.29 is 9.53 Å². The predicted octanol–water partition coefficient (Wildman–Crippen LogP) is 2.33. The lowest BCUT2D eigenvalue weighted by atomic mass is 10.0. The number of rotatable bonds is 2. The van der Waals surface area contributed by atoms with Crippen molar-refractivity contribution >= 4 is 17.7 Å². The third kappa shape index (κ3) is 1.94. The normalized spacial score (nSPS) is 13.5. The van der Waals surface area contributed by atoms with Crippen LogP contribution in [0.3, 0.4) is 0 Å². The second-order valence-electron chi connectivity index (χ2n) is 3.78. The van der Waals surface area contributed by atoms with Gasteiger partial charge in [-0.15, -0.1) is 0 Å². The minimum absolute atomic E-state index is 0.257. The van der Waals surface area contributed by atoms with Gasteiger partial charge < -0.3 is 9.64 Å². The monoisotopic (exact) mass is 217 g/mol. The lowest BCUT2D eigenvalue weighted by Gasteiger charge is -2.23. The SMILES string of the molecule is CCOC(=O)c1ccc2c(c1)C=CCN2C. The molecule has 0 bridgehead atoms. The van der Waals surface area contributed by atoms with Gasteiger partial charge in [-0.2, -0.15) is 0 Å². The molecule has 3 heteroatoms. The van der Waals surface area contributed by atoms with Crippen LogP contribution in [-0.2, 0) is 4.74 Å². The van der Waals surface area contributed by atoms with Crippen LogP contribution in [-0.4, -0.2) is 26.2 Å². The molecule has 1 aliphatic rings. The van der Waals surface area contributed by atoms with E-state index in [0.717, 1.165) is 17.8 Å². The summed E-state index contributed by atoms with van der Waals surface area (Å²) in [4.78, 5) is 13.7. The molecule has 0 N–H and O–H groups in total. The van der Waals surface area contributed by atoms with Crippen LogP contribution < -0.4 is 4.90 Å². The van der Waals surface area contributed by atoms with Crippen LogP contribution in [0.4, 0.5) is 5.69 Å². The topological polar surface area (TPSA) is 29.5 Å². The summed E-state index contributed by atoms with van der Waals surface area (Å²) in [5.41, 5.74) is 2.83. The maximum atomic E-state index is 11.6. The maximum Gasteiger partial charge on any atom is 0.338 e. The predicted molar refractivity (Wildman–Crippen MR) is 64.7 cm³/mol. The van der Waals surface area contributed by atoms with Gasteiger partial charge in [0.05, 0.1) is 12.2 Å². The van der Waals surface area contributed by atoms with Crippen LogP contribution in [0.5, 0.6) is 0 Å². The molecule has 0 saturated carbocycles. The molecule has 1 aromatic rings. The Bertz CT molecular complexity index is 438. The quantitative estimate of drug-likeness (QED) is 0.712. The molecule has 3 nitrogen and oxygen atoms in total. The van der Waals surface area contributed by atoms with Gasteiger partial charge in [-0.1, -0.05) is 12.2 Å². The first-order valence-electron chi connectivity index (χ1n) is 5.41. The smallest absolute Gasteiger partial charge is 0.338 e. The summed E-state index contributed by atoms with van der Waals surface area (Å²) in [6.45, 7) is 3.13. The molecular weight excluding hydrogens is 202 g/mol. The van der Waals surface area contributed by atoms with E-state index in [1.807, 2.05) is 38.2 Å². The van der Waals surface area contributed by atoms with E-state index in [2.05, 4.69) is 11.0 Å². The van der Waals surface area contributed by atoms with Crippen LogP contribution in [0.1, 0.15) is 22.8 Å². The van der Waals surface area contributed by atoms with Gasteiger partial charge in [0.15, 0.2) is 0 Å². The third-order valence-electron chi connectivity index (χ3n) is 2.63. The summed E-state index contributed by atoms with van der Waals surface area (Å²) in [5.74, 6) is -0.257. The molecule has 1 aromatic carbocycles. The highest BCUT2D eigenvalue weighted by atomic mass is 16.5. The van der Waals surface area contributed by atoms with Crippen LogP contribution in [0, 0.1) is 0 Å². The molecule has 0 amide bonds. The number of carbonyl (C=O) groups is 1. The molecule has 0 aromatic heterocycles. The number of ether oxygens (including phenoxy) is 1. The number of carbonyl (C=O) groups excluding carboxylic acids is 1. The third-order valence-corrected chi connectivity index (χ3v) is 2.63. The Hall–Kier alpha value is -1.77. The lowest BCUT2D eigenvalue weighted by molar-refractivity contribution is 0.0526. The van der Waals surface area contributed by atoms with Gasteiger partial charge in [0.2, 0.25) is 0 Å². The van der Waals surface area contributed by atoms with Crippen molar-refractivity contribution in [2.75, 3.05) is 25.1 Å². The molecule has 2 rings (SSSR count). The van der Waals surface area contributed by atoms with E-state index in [-0.39, 0.29) is 5.97 Å². The molecular formula is C13H15NO2. The summed E-state index contributed by atoms with van der Waals surface area (Å²) >= 11 is 0. The number of nitrogens with zero attached hydrogens (tertiary/aromatic N) is 1. The van der Waals surface area contributed by atoms with Crippen LogP contribution in [0.2, 0.25) is 0 Å². The standard InChI is InChI=1S/C13H15NO2/c1-3-16-13(15)11-6-7-12-10(9-11)5-4-8-14(12)2/h4-7,9H,3,8H2,1-2H3. The Balaban J connectivity index is 2.33. The van der Waals surface area contributed by atoms with Crippen molar-refractivity contribution in [3.63, 3.8) is 0 Å². The van der Waals surface area contributed by atoms with Gasteiger partial charge in [0.1, 0.15) is 0 Å². The van der Waals surface area contributed by atoms with Gasteiger partial charge in [-0.25, -0.2) is 4.79 Å². The Labute approximate surface area is 95.3 Å². The fraction of sp³-hybridized carbons (Fsp3) is 0.308. The molecule has 0 radical (unpaired) electrons. The van der Waals surface area contributed by atoms with Crippen LogP contribution in [0.15, 0.2) is 24.3 Å². The van der Waals surface area contributed by atoms with Gasteiger partial charge in [0.25, 0.3) is 0 Å².